The van der Waals surface area contributed by atoms with Crippen molar-refractivity contribution in [2.75, 3.05) is 6.54 Å². The molecule has 12 nitrogen and oxygen atoms in total. The van der Waals surface area contributed by atoms with Gasteiger partial charge in [0.25, 0.3) is 5.91 Å². The molecule has 0 bridgehead atoms. The van der Waals surface area contributed by atoms with Crippen LogP contribution in [0, 0.1) is 28.6 Å². The quantitative estimate of drug-likeness (QED) is 0.258. The van der Waals surface area contributed by atoms with E-state index in [0.717, 1.165) is 32.1 Å². The highest BCUT2D eigenvalue weighted by atomic mass is 32.2. The summed E-state index contributed by atoms with van der Waals surface area (Å²) in [5.41, 5.74) is 4.37. The largest absolute Gasteiger partial charge is 0.363 e. The fraction of sp³-hybridized carbons (Fsp3) is 0.848. The van der Waals surface area contributed by atoms with Crippen LogP contribution in [0.3, 0.4) is 0 Å². The monoisotopic (exact) mass is 665 g/mol. The number of rotatable bonds is 10. The minimum atomic E-state index is -3.55. The molecule has 1 aliphatic heterocycles. The number of Topliss-reactive ketones (excluding diaryl/α,β-unsaturated/α-hetero) is 1. The number of hydrogen-bond acceptors (Lipinski definition) is 7. The number of carbonyl (C=O) groups is 5. The van der Waals surface area contributed by atoms with Crippen LogP contribution in [-0.2, 0) is 29.0 Å². The Hall–Kier alpha value is -2.70. The summed E-state index contributed by atoms with van der Waals surface area (Å²) in [5.74, 6) is -2.75. The van der Waals surface area contributed by atoms with Gasteiger partial charge in [-0.15, -0.1) is 0 Å². The standard InChI is InChI=1S/C33H55N5O7S/c1-31(2,3)26(37-30(43)36-20-14-9-10-15-22(20)46(44,45)32(4,5)6)29(42)38-17-19-23(33(19,7)8)24(38)28(41)35-21(25(39)27(34)40)16-18-12-11-13-18/h18-24,26H,9-17H2,1-8H3,(H2,34,40)(H,35,41)(H2,36,37,43)/t19-,20-,21?,22+,23-,24-,26+/m0/s1. The van der Waals surface area contributed by atoms with E-state index < -0.39 is 79.0 Å². The number of sulfone groups is 1. The summed E-state index contributed by atoms with van der Waals surface area (Å²) in [6, 6.07) is -4.19. The Morgan fingerprint density at radius 3 is 2.04 bits per heavy atom. The van der Waals surface area contributed by atoms with Gasteiger partial charge in [0.05, 0.1) is 16.0 Å². The van der Waals surface area contributed by atoms with E-state index in [9.17, 15) is 32.4 Å². The van der Waals surface area contributed by atoms with Crippen LogP contribution in [-0.4, -0.2) is 83.6 Å². The second kappa shape index (κ2) is 12.7. The van der Waals surface area contributed by atoms with Crippen molar-refractivity contribution < 1.29 is 32.4 Å². The predicted molar refractivity (Wildman–Crippen MR) is 174 cm³/mol. The molecule has 0 aromatic rings. The third-order valence-corrected chi connectivity index (χ3v) is 14.2. The van der Waals surface area contributed by atoms with Gasteiger partial charge in [0, 0.05) is 12.6 Å². The maximum atomic E-state index is 14.3. The highest BCUT2D eigenvalue weighted by Gasteiger charge is 2.70. The van der Waals surface area contributed by atoms with Gasteiger partial charge in [-0.3, -0.25) is 19.2 Å². The van der Waals surface area contributed by atoms with E-state index in [1.165, 1.54) is 4.90 Å². The molecule has 1 saturated heterocycles. The Balaban J connectivity index is 1.53. The molecule has 7 atom stereocenters. The molecule has 5 amide bonds. The van der Waals surface area contributed by atoms with E-state index in [-0.39, 0.29) is 23.2 Å². The Morgan fingerprint density at radius 2 is 1.52 bits per heavy atom. The van der Waals surface area contributed by atoms with Crippen molar-refractivity contribution in [1.82, 2.24) is 20.9 Å². The number of piperidine rings is 1. The van der Waals surface area contributed by atoms with Gasteiger partial charge < -0.3 is 26.6 Å². The normalized spacial score (nSPS) is 29.0. The fourth-order valence-corrected chi connectivity index (χ4v) is 9.80. The first-order valence-electron chi connectivity index (χ1n) is 16.8. The molecule has 4 aliphatic rings. The van der Waals surface area contributed by atoms with Crippen LogP contribution in [0.25, 0.3) is 0 Å². The molecule has 3 saturated carbocycles. The van der Waals surface area contributed by atoms with Crippen molar-refractivity contribution in [3.05, 3.63) is 0 Å². The molecule has 0 radical (unpaired) electrons. The zero-order valence-electron chi connectivity index (χ0n) is 28.8. The maximum absolute atomic E-state index is 14.3. The lowest BCUT2D eigenvalue weighted by molar-refractivity contribution is -0.145. The van der Waals surface area contributed by atoms with Crippen LogP contribution in [0.2, 0.25) is 0 Å². The molecule has 1 unspecified atom stereocenters. The third kappa shape index (κ3) is 7.08. The summed E-state index contributed by atoms with van der Waals surface area (Å²) in [6.45, 7) is 14.9. The summed E-state index contributed by atoms with van der Waals surface area (Å²) in [5, 5.41) is 7.77. The first-order chi connectivity index (χ1) is 21.1. The summed E-state index contributed by atoms with van der Waals surface area (Å²) in [4.78, 5) is 67.7. The van der Waals surface area contributed by atoms with Crippen LogP contribution in [0.1, 0.15) is 107 Å². The minimum Gasteiger partial charge on any atom is -0.363 e. The molecule has 3 aliphatic carbocycles. The maximum Gasteiger partial charge on any atom is 0.315 e. The Labute approximate surface area is 274 Å². The predicted octanol–water partition coefficient (Wildman–Crippen LogP) is 2.44. The molecule has 4 rings (SSSR count). The van der Waals surface area contributed by atoms with Crippen LogP contribution >= 0.6 is 0 Å². The number of nitrogens with one attached hydrogen (secondary N) is 3. The first kappa shape index (κ1) is 36.1. The fourth-order valence-electron chi connectivity index (χ4n) is 7.78. The average molecular weight is 666 g/mol. The Morgan fingerprint density at radius 1 is 0.913 bits per heavy atom. The smallest absolute Gasteiger partial charge is 0.315 e. The van der Waals surface area contributed by atoms with E-state index in [2.05, 4.69) is 16.0 Å². The average Bonchev–Trinajstić information content (AvgIpc) is 3.23. The number of primary amides is 1. The number of nitrogens with zero attached hydrogens (tertiary/aromatic N) is 1. The third-order valence-electron chi connectivity index (χ3n) is 11.1. The SMILES string of the molecule is CC(C)(C)[C@H](NC(=O)N[C@H]1CCCC[C@H]1S(=O)(=O)C(C)(C)C)C(=O)N1C[C@H]2[C@@H]([C@H]1C(=O)NC(CC1CCC1)C(=O)C(N)=O)C2(C)C. The molecule has 0 aromatic carbocycles. The van der Waals surface area contributed by atoms with Gasteiger partial charge in [-0.2, -0.15) is 0 Å². The van der Waals surface area contributed by atoms with Crippen molar-refractivity contribution in [2.45, 2.75) is 141 Å². The summed E-state index contributed by atoms with van der Waals surface area (Å²) in [7, 11) is -3.55. The van der Waals surface area contributed by atoms with Gasteiger partial charge in [0.2, 0.25) is 17.6 Å². The molecular weight excluding hydrogens is 610 g/mol. The van der Waals surface area contributed by atoms with Crippen molar-refractivity contribution in [3.63, 3.8) is 0 Å². The number of ketones is 1. The zero-order chi connectivity index (χ0) is 34.6. The van der Waals surface area contributed by atoms with Gasteiger partial charge >= 0.3 is 6.03 Å². The highest BCUT2D eigenvalue weighted by molar-refractivity contribution is 7.93. The highest BCUT2D eigenvalue weighted by Crippen LogP contribution is 2.65. The van der Waals surface area contributed by atoms with Gasteiger partial charge in [-0.1, -0.05) is 66.7 Å². The van der Waals surface area contributed by atoms with Crippen molar-refractivity contribution in [1.29, 1.82) is 0 Å². The van der Waals surface area contributed by atoms with E-state index in [0.29, 0.717) is 25.8 Å². The zero-order valence-corrected chi connectivity index (χ0v) is 29.6. The molecule has 260 valence electrons. The Bertz CT molecular complexity index is 1340. The van der Waals surface area contributed by atoms with Crippen molar-refractivity contribution in [3.8, 4) is 0 Å². The lowest BCUT2D eigenvalue weighted by Gasteiger charge is -2.39. The molecular formula is C33H55N5O7S. The number of fused-ring (bicyclic) bond motifs is 1. The molecule has 46 heavy (non-hydrogen) atoms. The molecule has 13 heteroatoms. The van der Waals surface area contributed by atoms with Crippen molar-refractivity contribution >= 4 is 39.4 Å². The second-order valence-corrected chi connectivity index (χ2v) is 19.6. The van der Waals surface area contributed by atoms with E-state index in [1.54, 1.807) is 20.8 Å². The first-order valence-corrected chi connectivity index (χ1v) is 18.4. The molecule has 0 aromatic heterocycles. The second-order valence-electron chi connectivity index (χ2n) is 16.7. The summed E-state index contributed by atoms with van der Waals surface area (Å²) >= 11 is 0. The van der Waals surface area contributed by atoms with Crippen LogP contribution in [0.5, 0.6) is 0 Å². The van der Waals surface area contributed by atoms with Gasteiger partial charge in [-0.05, 0) is 68.6 Å². The molecule has 5 N–H and O–H groups in total. The summed E-state index contributed by atoms with van der Waals surface area (Å²) < 4.78 is 25.8. The van der Waals surface area contributed by atoms with Crippen molar-refractivity contribution in [2.24, 2.45) is 34.3 Å². The number of hydrogen-bond donors (Lipinski definition) is 4. The van der Waals surface area contributed by atoms with E-state index in [4.69, 9.17) is 5.73 Å². The number of urea groups is 1. The number of amides is 5. The molecule has 1 heterocycles. The molecule has 0 spiro atoms. The van der Waals surface area contributed by atoms with E-state index in [1.807, 2.05) is 34.6 Å². The Kier molecular flexibility index (Phi) is 10.00. The summed E-state index contributed by atoms with van der Waals surface area (Å²) in [6.07, 6.45) is 5.69. The lowest BCUT2D eigenvalue weighted by atomic mass is 9.80. The van der Waals surface area contributed by atoms with Crippen LogP contribution < -0.4 is 21.7 Å². The van der Waals surface area contributed by atoms with Gasteiger partial charge in [0.15, 0.2) is 9.84 Å². The number of nitrogens with two attached hydrogens (primary N) is 1. The number of likely N-dealkylation sites (tertiary alicyclic amines) is 1. The lowest BCUT2D eigenvalue weighted by Crippen LogP contribution is -2.62. The number of carbonyl (C=O) groups excluding carboxylic acids is 5. The van der Waals surface area contributed by atoms with Gasteiger partial charge in [0.1, 0.15) is 12.1 Å². The van der Waals surface area contributed by atoms with Crippen LogP contribution in [0.4, 0.5) is 4.79 Å². The topological polar surface area (TPSA) is 185 Å². The molecule has 4 fully saturated rings. The van der Waals surface area contributed by atoms with Crippen LogP contribution in [0.15, 0.2) is 0 Å². The van der Waals surface area contributed by atoms with Gasteiger partial charge in [-0.25, -0.2) is 13.2 Å². The minimum absolute atomic E-state index is 0.0594. The van der Waals surface area contributed by atoms with E-state index >= 15 is 0 Å².